The summed E-state index contributed by atoms with van der Waals surface area (Å²) in [4.78, 5) is 21.6. The van der Waals surface area contributed by atoms with Crippen LogP contribution in [0.15, 0.2) is 4.99 Å². The Morgan fingerprint density at radius 3 is 2.78 bits per heavy atom. The minimum Gasteiger partial charge on any atom is -0.357 e. The Morgan fingerprint density at radius 2 is 2.11 bits per heavy atom. The largest absolute Gasteiger partial charge is 0.357 e. The molecule has 7 heteroatoms. The topological polar surface area (TPSA) is 60.0 Å². The molecular formula is C20H38IN5O. The van der Waals surface area contributed by atoms with Gasteiger partial charge in [-0.25, -0.2) is 0 Å². The molecule has 1 amide bonds. The monoisotopic (exact) mass is 491 g/mol. The summed E-state index contributed by atoms with van der Waals surface area (Å²) in [6, 6.07) is 0.746. The molecule has 1 spiro atoms. The zero-order valence-electron chi connectivity index (χ0n) is 17.1. The highest BCUT2D eigenvalue weighted by atomic mass is 127. The van der Waals surface area contributed by atoms with Crippen molar-refractivity contribution >= 4 is 35.8 Å². The van der Waals surface area contributed by atoms with Crippen LogP contribution in [0.5, 0.6) is 0 Å². The fourth-order valence-electron chi connectivity index (χ4n) is 4.87. The first-order valence-electron chi connectivity index (χ1n) is 10.6. The lowest BCUT2D eigenvalue weighted by Crippen LogP contribution is -2.51. The number of likely N-dealkylation sites (N-methyl/N-ethyl adjacent to an activating group) is 1. The van der Waals surface area contributed by atoms with Crippen molar-refractivity contribution in [3.05, 3.63) is 0 Å². The SMILES string of the molecule is CCNC(=NCCN(C)C1CCCCC1)N1CCCC2(CNC(=O)C2)C1.I. The Hall–Kier alpha value is -0.570. The number of amides is 1. The quantitative estimate of drug-likeness (QED) is 0.353. The van der Waals surface area contributed by atoms with Gasteiger partial charge in [0.2, 0.25) is 5.91 Å². The van der Waals surface area contributed by atoms with Crippen molar-refractivity contribution in [1.82, 2.24) is 20.4 Å². The molecule has 1 saturated carbocycles. The van der Waals surface area contributed by atoms with E-state index in [1.807, 2.05) is 0 Å². The molecule has 6 nitrogen and oxygen atoms in total. The molecule has 2 saturated heterocycles. The molecule has 1 aliphatic carbocycles. The second-order valence-corrected chi connectivity index (χ2v) is 8.49. The maximum atomic E-state index is 11.7. The Bertz CT molecular complexity index is 509. The van der Waals surface area contributed by atoms with Gasteiger partial charge in [0.15, 0.2) is 5.96 Å². The highest BCUT2D eigenvalue weighted by Crippen LogP contribution is 2.36. The molecule has 27 heavy (non-hydrogen) atoms. The number of likely N-dealkylation sites (tertiary alicyclic amines) is 1. The normalized spacial score (nSPS) is 27.0. The molecule has 3 fully saturated rings. The summed E-state index contributed by atoms with van der Waals surface area (Å²) in [5, 5.41) is 6.51. The first kappa shape index (κ1) is 22.7. The summed E-state index contributed by atoms with van der Waals surface area (Å²) >= 11 is 0. The number of guanidine groups is 1. The Kier molecular flexibility index (Phi) is 9.11. The minimum absolute atomic E-state index is 0. The van der Waals surface area contributed by atoms with Crippen LogP contribution < -0.4 is 10.6 Å². The number of carbonyl (C=O) groups is 1. The predicted molar refractivity (Wildman–Crippen MR) is 122 cm³/mol. The summed E-state index contributed by atoms with van der Waals surface area (Å²) in [6.45, 7) is 7.69. The van der Waals surface area contributed by atoms with Crippen molar-refractivity contribution in [2.75, 3.05) is 46.3 Å². The zero-order valence-corrected chi connectivity index (χ0v) is 19.5. The van der Waals surface area contributed by atoms with E-state index in [1.54, 1.807) is 0 Å². The molecule has 2 heterocycles. The van der Waals surface area contributed by atoms with Gasteiger partial charge in [-0.2, -0.15) is 0 Å². The van der Waals surface area contributed by atoms with Crippen LogP contribution in [0.25, 0.3) is 0 Å². The molecule has 2 aliphatic heterocycles. The van der Waals surface area contributed by atoms with Gasteiger partial charge >= 0.3 is 0 Å². The van der Waals surface area contributed by atoms with E-state index < -0.39 is 0 Å². The smallest absolute Gasteiger partial charge is 0.220 e. The van der Waals surface area contributed by atoms with Crippen LogP contribution >= 0.6 is 24.0 Å². The number of hydrogen-bond acceptors (Lipinski definition) is 3. The van der Waals surface area contributed by atoms with Crippen molar-refractivity contribution in [3.8, 4) is 0 Å². The van der Waals surface area contributed by atoms with Crippen molar-refractivity contribution < 1.29 is 4.79 Å². The van der Waals surface area contributed by atoms with Crippen molar-refractivity contribution in [3.63, 3.8) is 0 Å². The van der Waals surface area contributed by atoms with Crippen molar-refractivity contribution in [1.29, 1.82) is 0 Å². The molecule has 1 atom stereocenters. The Labute approximate surface area is 181 Å². The van der Waals surface area contributed by atoms with Gasteiger partial charge in [-0.3, -0.25) is 9.79 Å². The van der Waals surface area contributed by atoms with E-state index in [0.29, 0.717) is 6.42 Å². The summed E-state index contributed by atoms with van der Waals surface area (Å²) in [5.41, 5.74) is 0.115. The lowest BCUT2D eigenvalue weighted by Gasteiger charge is -2.41. The summed E-state index contributed by atoms with van der Waals surface area (Å²) in [5.74, 6) is 1.24. The number of aliphatic imine (C=N–C) groups is 1. The van der Waals surface area contributed by atoms with Gasteiger partial charge in [-0.05, 0) is 39.7 Å². The number of halogens is 1. The molecule has 2 N–H and O–H groups in total. The van der Waals surface area contributed by atoms with Crippen molar-refractivity contribution in [2.24, 2.45) is 10.4 Å². The summed E-state index contributed by atoms with van der Waals surface area (Å²) in [7, 11) is 2.25. The maximum absolute atomic E-state index is 11.7. The molecule has 0 radical (unpaired) electrons. The highest BCUT2D eigenvalue weighted by Gasteiger charge is 2.42. The number of carbonyl (C=O) groups excluding carboxylic acids is 1. The van der Waals surface area contributed by atoms with E-state index in [9.17, 15) is 4.79 Å². The molecule has 0 aromatic heterocycles. The Balaban J connectivity index is 0.00000261. The van der Waals surface area contributed by atoms with Gasteiger partial charge in [-0.1, -0.05) is 19.3 Å². The van der Waals surface area contributed by atoms with Gasteiger partial charge in [-0.15, -0.1) is 24.0 Å². The predicted octanol–water partition coefficient (Wildman–Crippen LogP) is 2.44. The number of hydrogen-bond donors (Lipinski definition) is 2. The second kappa shape index (κ2) is 10.8. The number of nitrogens with one attached hydrogen (secondary N) is 2. The molecule has 0 aromatic carbocycles. The van der Waals surface area contributed by atoms with E-state index in [0.717, 1.165) is 64.1 Å². The van der Waals surface area contributed by atoms with E-state index in [2.05, 4.69) is 34.4 Å². The Morgan fingerprint density at radius 1 is 1.33 bits per heavy atom. The van der Waals surface area contributed by atoms with Crippen LogP contribution in [-0.4, -0.2) is 74.0 Å². The van der Waals surface area contributed by atoms with Gasteiger partial charge in [0.25, 0.3) is 0 Å². The standard InChI is InChI=1S/C20H37N5O.HI/c1-3-21-19(22-11-13-24(2)17-8-5-4-6-9-17)25-12-7-10-20(16-25)14-18(26)23-15-20;/h17H,3-16H2,1-2H3,(H,21,22)(H,23,26);1H. The van der Waals surface area contributed by atoms with E-state index >= 15 is 0 Å². The first-order chi connectivity index (χ1) is 12.6. The third kappa shape index (κ3) is 6.21. The van der Waals surface area contributed by atoms with Crippen molar-refractivity contribution in [2.45, 2.75) is 64.3 Å². The second-order valence-electron chi connectivity index (χ2n) is 8.49. The molecule has 3 aliphatic rings. The maximum Gasteiger partial charge on any atom is 0.220 e. The third-order valence-electron chi connectivity index (χ3n) is 6.40. The average Bonchev–Trinajstić information content (AvgIpc) is 3.01. The molecule has 0 bridgehead atoms. The van der Waals surface area contributed by atoms with E-state index in [1.165, 1.54) is 32.1 Å². The van der Waals surface area contributed by atoms with Crippen LogP contribution in [0.1, 0.15) is 58.3 Å². The number of nitrogens with zero attached hydrogens (tertiary/aromatic N) is 3. The minimum atomic E-state index is 0. The average molecular weight is 491 g/mol. The molecule has 1 unspecified atom stereocenters. The first-order valence-corrected chi connectivity index (χ1v) is 10.6. The molecular weight excluding hydrogens is 453 g/mol. The number of rotatable bonds is 5. The van der Waals surface area contributed by atoms with Crippen LogP contribution in [0.3, 0.4) is 0 Å². The van der Waals surface area contributed by atoms with E-state index in [4.69, 9.17) is 4.99 Å². The van der Waals surface area contributed by atoms with Gasteiger partial charge in [0, 0.05) is 50.6 Å². The zero-order chi connectivity index (χ0) is 18.4. The lowest BCUT2D eigenvalue weighted by atomic mass is 9.79. The summed E-state index contributed by atoms with van der Waals surface area (Å²) < 4.78 is 0. The fourth-order valence-corrected chi connectivity index (χ4v) is 4.87. The van der Waals surface area contributed by atoms with Crippen LogP contribution in [0.2, 0.25) is 0 Å². The van der Waals surface area contributed by atoms with E-state index in [-0.39, 0.29) is 35.3 Å². The van der Waals surface area contributed by atoms with Gasteiger partial charge < -0.3 is 20.4 Å². The van der Waals surface area contributed by atoms with Crippen LogP contribution in [0.4, 0.5) is 0 Å². The summed E-state index contributed by atoms with van der Waals surface area (Å²) in [6.07, 6.45) is 9.81. The number of piperidine rings is 1. The highest BCUT2D eigenvalue weighted by molar-refractivity contribution is 14.0. The van der Waals surface area contributed by atoms with Crippen LogP contribution in [-0.2, 0) is 4.79 Å². The van der Waals surface area contributed by atoms with Crippen LogP contribution in [0, 0.1) is 5.41 Å². The molecule has 0 aromatic rings. The third-order valence-corrected chi connectivity index (χ3v) is 6.40. The molecule has 3 rings (SSSR count). The van der Waals surface area contributed by atoms with Gasteiger partial charge in [0.05, 0.1) is 6.54 Å². The lowest BCUT2D eigenvalue weighted by molar-refractivity contribution is -0.119. The van der Waals surface area contributed by atoms with Gasteiger partial charge in [0.1, 0.15) is 0 Å². The fraction of sp³-hybridized carbons (Fsp3) is 0.900. The molecule has 156 valence electrons.